The lowest BCUT2D eigenvalue weighted by molar-refractivity contribution is -0.134. The van der Waals surface area contributed by atoms with Crippen LogP contribution in [0.2, 0.25) is 0 Å². The number of hydrogen-bond donors (Lipinski definition) is 1. The minimum Gasteiger partial charge on any atom is -0.338 e. The van der Waals surface area contributed by atoms with Gasteiger partial charge in [0.25, 0.3) is 5.91 Å². The summed E-state index contributed by atoms with van der Waals surface area (Å²) in [5, 5.41) is 3.55. The van der Waals surface area contributed by atoms with Crippen molar-refractivity contribution >= 4 is 11.8 Å². The first-order valence-electron chi connectivity index (χ1n) is 10.1. The molecule has 6 heteroatoms. The predicted molar refractivity (Wildman–Crippen MR) is 101 cm³/mol. The Morgan fingerprint density at radius 3 is 2.48 bits per heavy atom. The summed E-state index contributed by atoms with van der Waals surface area (Å²) in [6, 6.07) is 5.05. The monoisotopic (exact) mass is 373 g/mol. The molecule has 2 heterocycles. The summed E-state index contributed by atoms with van der Waals surface area (Å²) in [5.74, 6) is 0.305. The van der Waals surface area contributed by atoms with Crippen LogP contribution in [0.15, 0.2) is 18.2 Å². The molecule has 3 unspecified atom stereocenters. The highest BCUT2D eigenvalue weighted by atomic mass is 19.1. The van der Waals surface area contributed by atoms with E-state index in [4.69, 9.17) is 0 Å². The Bertz CT molecular complexity index is 716. The van der Waals surface area contributed by atoms with E-state index in [1.807, 2.05) is 4.90 Å². The number of rotatable bonds is 2. The zero-order valence-corrected chi connectivity index (χ0v) is 15.9. The molecule has 0 radical (unpaired) electrons. The van der Waals surface area contributed by atoms with Gasteiger partial charge in [0.05, 0.1) is 6.04 Å². The van der Waals surface area contributed by atoms with E-state index in [2.05, 4.69) is 5.32 Å². The number of hydrogen-bond acceptors (Lipinski definition) is 3. The fourth-order valence-corrected chi connectivity index (χ4v) is 4.77. The van der Waals surface area contributed by atoms with Crippen molar-refractivity contribution in [2.24, 2.45) is 5.92 Å². The quantitative estimate of drug-likeness (QED) is 0.866. The lowest BCUT2D eigenvalue weighted by Gasteiger charge is -2.36. The van der Waals surface area contributed by atoms with Gasteiger partial charge < -0.3 is 15.1 Å². The third kappa shape index (κ3) is 3.72. The van der Waals surface area contributed by atoms with Crippen LogP contribution in [0.25, 0.3) is 0 Å². The molecule has 1 N–H and O–H groups in total. The Hall–Kier alpha value is -1.95. The van der Waals surface area contributed by atoms with Gasteiger partial charge in [-0.05, 0) is 49.8 Å². The van der Waals surface area contributed by atoms with Gasteiger partial charge in [0.15, 0.2) is 0 Å². The fraction of sp³-hybridized carbons (Fsp3) is 0.619. The van der Waals surface area contributed by atoms with Gasteiger partial charge >= 0.3 is 0 Å². The number of amides is 2. The molecule has 27 heavy (non-hydrogen) atoms. The van der Waals surface area contributed by atoms with Crippen LogP contribution < -0.4 is 5.32 Å². The second kappa shape index (κ2) is 7.58. The number of nitrogens with one attached hydrogen (secondary N) is 1. The number of piperazine rings is 1. The van der Waals surface area contributed by atoms with Crippen LogP contribution in [0.1, 0.15) is 48.0 Å². The van der Waals surface area contributed by atoms with Gasteiger partial charge in [0.2, 0.25) is 5.91 Å². The zero-order chi connectivity index (χ0) is 19.0. The van der Waals surface area contributed by atoms with Crippen LogP contribution in [0, 0.1) is 18.7 Å². The Morgan fingerprint density at radius 1 is 1.07 bits per heavy atom. The summed E-state index contributed by atoms with van der Waals surface area (Å²) >= 11 is 0. The molecule has 3 fully saturated rings. The number of carbonyl (C=O) groups excluding carboxylic acids is 2. The van der Waals surface area contributed by atoms with Crippen molar-refractivity contribution in [1.29, 1.82) is 0 Å². The Labute approximate surface area is 159 Å². The normalized spacial score (nSPS) is 28.1. The molecule has 4 rings (SSSR count). The van der Waals surface area contributed by atoms with Crippen molar-refractivity contribution in [2.75, 3.05) is 26.2 Å². The topological polar surface area (TPSA) is 52.7 Å². The Morgan fingerprint density at radius 2 is 1.78 bits per heavy atom. The third-order valence-corrected chi connectivity index (χ3v) is 6.46. The zero-order valence-electron chi connectivity index (χ0n) is 15.9. The lowest BCUT2D eigenvalue weighted by atomic mass is 9.85. The maximum atomic E-state index is 13.7. The van der Waals surface area contributed by atoms with E-state index in [0.29, 0.717) is 49.3 Å². The SMILES string of the molecule is Cc1ccc(C(=O)N2CCN(C(=O)C3CC4CCCCC4N3)CC2)cc1F. The summed E-state index contributed by atoms with van der Waals surface area (Å²) < 4.78 is 13.7. The van der Waals surface area contributed by atoms with Crippen molar-refractivity contribution < 1.29 is 14.0 Å². The standard InChI is InChI=1S/C21H28FN3O2/c1-14-6-7-16(12-17(14)22)20(26)24-8-10-25(11-9-24)21(27)19-13-15-4-2-3-5-18(15)23-19/h6-7,12,15,18-19,23H,2-5,8-11,13H2,1H3. The summed E-state index contributed by atoms with van der Waals surface area (Å²) in [6.07, 6.45) is 5.91. The largest absolute Gasteiger partial charge is 0.338 e. The fourth-order valence-electron chi connectivity index (χ4n) is 4.77. The van der Waals surface area contributed by atoms with Crippen molar-refractivity contribution in [2.45, 2.75) is 51.1 Å². The smallest absolute Gasteiger partial charge is 0.254 e. The molecule has 3 atom stereocenters. The second-order valence-corrected chi connectivity index (χ2v) is 8.19. The summed E-state index contributed by atoms with van der Waals surface area (Å²) in [4.78, 5) is 29.1. The highest BCUT2D eigenvalue weighted by Crippen LogP contribution is 2.33. The minimum atomic E-state index is -0.358. The first kappa shape index (κ1) is 18.4. The minimum absolute atomic E-state index is 0.0634. The van der Waals surface area contributed by atoms with Gasteiger partial charge in [0, 0.05) is 37.8 Å². The highest BCUT2D eigenvalue weighted by molar-refractivity contribution is 5.94. The van der Waals surface area contributed by atoms with E-state index in [1.54, 1.807) is 24.0 Å². The van der Waals surface area contributed by atoms with E-state index in [9.17, 15) is 14.0 Å². The number of halogens is 1. The first-order valence-corrected chi connectivity index (χ1v) is 10.1. The molecule has 2 amide bonds. The number of benzene rings is 1. The summed E-state index contributed by atoms with van der Waals surface area (Å²) in [7, 11) is 0. The van der Waals surface area contributed by atoms with Crippen molar-refractivity contribution in [3.63, 3.8) is 0 Å². The molecule has 2 aliphatic heterocycles. The second-order valence-electron chi connectivity index (χ2n) is 8.19. The van der Waals surface area contributed by atoms with E-state index in [0.717, 1.165) is 6.42 Å². The molecule has 1 aliphatic carbocycles. The van der Waals surface area contributed by atoms with E-state index in [-0.39, 0.29) is 23.7 Å². The van der Waals surface area contributed by atoms with Gasteiger partial charge in [-0.3, -0.25) is 9.59 Å². The molecule has 0 aromatic heterocycles. The average Bonchev–Trinajstić information content (AvgIpc) is 3.13. The average molecular weight is 373 g/mol. The van der Waals surface area contributed by atoms with Crippen molar-refractivity contribution in [3.05, 3.63) is 35.1 Å². The molecule has 0 bridgehead atoms. The molecular formula is C21H28FN3O2. The van der Waals surface area contributed by atoms with Gasteiger partial charge in [-0.15, -0.1) is 0 Å². The van der Waals surface area contributed by atoms with E-state index in [1.165, 1.54) is 31.7 Å². The van der Waals surface area contributed by atoms with Gasteiger partial charge in [-0.25, -0.2) is 4.39 Å². The number of aryl methyl sites for hydroxylation is 1. The van der Waals surface area contributed by atoms with Crippen LogP contribution in [-0.2, 0) is 4.79 Å². The maximum Gasteiger partial charge on any atom is 0.254 e. The molecule has 146 valence electrons. The maximum absolute atomic E-state index is 13.7. The number of nitrogens with zero attached hydrogens (tertiary/aromatic N) is 2. The molecule has 1 aromatic carbocycles. The predicted octanol–water partition coefficient (Wildman–Crippen LogP) is 2.34. The van der Waals surface area contributed by atoms with Crippen molar-refractivity contribution in [3.8, 4) is 0 Å². The van der Waals surface area contributed by atoms with Gasteiger partial charge in [0.1, 0.15) is 5.82 Å². The molecule has 2 saturated heterocycles. The van der Waals surface area contributed by atoms with Crippen LogP contribution in [0.3, 0.4) is 0 Å². The molecule has 3 aliphatic rings. The highest BCUT2D eigenvalue weighted by Gasteiger charge is 2.40. The number of carbonyl (C=O) groups is 2. The van der Waals surface area contributed by atoms with Crippen molar-refractivity contribution in [1.82, 2.24) is 15.1 Å². The van der Waals surface area contributed by atoms with Gasteiger partial charge in [-0.2, -0.15) is 0 Å². The van der Waals surface area contributed by atoms with E-state index >= 15 is 0 Å². The summed E-state index contributed by atoms with van der Waals surface area (Å²) in [5.41, 5.74) is 0.908. The molecule has 0 spiro atoms. The van der Waals surface area contributed by atoms with Crippen LogP contribution in [0.5, 0.6) is 0 Å². The molecular weight excluding hydrogens is 345 g/mol. The van der Waals surface area contributed by atoms with Gasteiger partial charge in [-0.1, -0.05) is 18.9 Å². The molecule has 5 nitrogen and oxygen atoms in total. The molecule has 1 aromatic rings. The summed E-state index contributed by atoms with van der Waals surface area (Å²) in [6.45, 7) is 3.78. The first-order chi connectivity index (χ1) is 13.0. The molecule has 1 saturated carbocycles. The number of fused-ring (bicyclic) bond motifs is 1. The van der Waals surface area contributed by atoms with Crippen LogP contribution >= 0.6 is 0 Å². The third-order valence-electron chi connectivity index (χ3n) is 6.46. The van der Waals surface area contributed by atoms with E-state index < -0.39 is 0 Å². The Kier molecular flexibility index (Phi) is 5.17. The lowest BCUT2D eigenvalue weighted by Crippen LogP contribution is -2.54. The Balaban J connectivity index is 1.32. The van der Waals surface area contributed by atoms with Crippen LogP contribution in [-0.4, -0.2) is 59.9 Å². The van der Waals surface area contributed by atoms with Crippen LogP contribution in [0.4, 0.5) is 4.39 Å².